The molecule has 100 heavy (non-hydrogen) atoms. The molecular formula is C90H157NO8P+. The molecule has 0 radical (unpaired) electrons. The molecule has 0 fully saturated rings. The summed E-state index contributed by atoms with van der Waals surface area (Å²) in [6.07, 6.45) is 117. The second-order valence-electron chi connectivity index (χ2n) is 28.8. The monoisotopic (exact) mass is 1410 g/mol. The first-order valence-corrected chi connectivity index (χ1v) is 43.1. The molecule has 574 valence electrons. The van der Waals surface area contributed by atoms with Crippen LogP contribution in [0.15, 0.2) is 146 Å². The number of carbonyl (C=O) groups is 2. The third-order valence-corrected chi connectivity index (χ3v) is 18.9. The smallest absolute Gasteiger partial charge is 0.462 e. The van der Waals surface area contributed by atoms with Crippen LogP contribution < -0.4 is 0 Å². The quantitative estimate of drug-likeness (QED) is 0.0211. The Hall–Kier alpha value is -4.11. The van der Waals surface area contributed by atoms with E-state index in [2.05, 4.69) is 160 Å². The van der Waals surface area contributed by atoms with Crippen molar-refractivity contribution in [1.82, 2.24) is 0 Å². The molecule has 9 nitrogen and oxygen atoms in total. The number of allylic oxidation sites excluding steroid dienone is 24. The van der Waals surface area contributed by atoms with Gasteiger partial charge in [0.2, 0.25) is 0 Å². The minimum absolute atomic E-state index is 0.0172. The summed E-state index contributed by atoms with van der Waals surface area (Å²) in [5.74, 6) is -0.845. The SMILES string of the molecule is CC/C=C\C/C=C\C/C=C\C/C=C\C/C=C\C/C=C\C/C=C\C/C=C\C/C=C\C/C=C\C/C=C\C/C=C\CCCCC(=O)OC(COC(=O)CCCCCCCCCCCCCCCCCCCCCCCCCCCCCCCCCCCCCCC)COP(=O)(O)OCC[N+](C)(C)C. The Morgan fingerprint density at radius 1 is 0.320 bits per heavy atom. The van der Waals surface area contributed by atoms with Gasteiger partial charge in [0.1, 0.15) is 19.8 Å². The largest absolute Gasteiger partial charge is 0.472 e. The molecule has 0 aromatic carbocycles. The average Bonchev–Trinajstić information content (AvgIpc) is 1.07. The maximum absolute atomic E-state index is 12.9. The summed E-state index contributed by atoms with van der Waals surface area (Å²) in [6, 6.07) is 0. The lowest BCUT2D eigenvalue weighted by atomic mass is 10.0. The minimum atomic E-state index is -4.42. The topological polar surface area (TPSA) is 108 Å². The van der Waals surface area contributed by atoms with Crippen molar-refractivity contribution < 1.29 is 42.1 Å². The zero-order valence-electron chi connectivity index (χ0n) is 65.6. The highest BCUT2D eigenvalue weighted by Crippen LogP contribution is 2.43. The molecule has 0 spiro atoms. The third kappa shape index (κ3) is 82.8. The summed E-state index contributed by atoms with van der Waals surface area (Å²) >= 11 is 0. The van der Waals surface area contributed by atoms with Gasteiger partial charge in [0, 0.05) is 12.8 Å². The van der Waals surface area contributed by atoms with Crippen molar-refractivity contribution in [3.63, 3.8) is 0 Å². The van der Waals surface area contributed by atoms with E-state index in [9.17, 15) is 19.0 Å². The highest BCUT2D eigenvalue weighted by atomic mass is 31.2. The summed E-state index contributed by atoms with van der Waals surface area (Å²) < 4.78 is 34.8. The lowest BCUT2D eigenvalue weighted by Gasteiger charge is -2.24. The fraction of sp³-hybridized carbons (Fsp3) is 0.711. The molecule has 0 aliphatic heterocycles. The zero-order valence-corrected chi connectivity index (χ0v) is 66.5. The van der Waals surface area contributed by atoms with Crippen LogP contribution in [-0.4, -0.2) is 74.9 Å². The molecule has 2 atom stereocenters. The Kier molecular flexibility index (Phi) is 75.8. The Bertz CT molecular complexity index is 2210. The van der Waals surface area contributed by atoms with Crippen molar-refractivity contribution in [3.8, 4) is 0 Å². The number of quaternary nitrogens is 1. The van der Waals surface area contributed by atoms with Gasteiger partial charge < -0.3 is 18.9 Å². The Morgan fingerprint density at radius 3 is 0.850 bits per heavy atom. The van der Waals surface area contributed by atoms with E-state index in [-0.39, 0.29) is 32.0 Å². The summed E-state index contributed by atoms with van der Waals surface area (Å²) in [5.41, 5.74) is 0. The molecule has 0 rings (SSSR count). The molecule has 1 N–H and O–H groups in total. The second-order valence-corrected chi connectivity index (χ2v) is 30.2. The van der Waals surface area contributed by atoms with E-state index in [1.165, 1.54) is 218 Å². The highest BCUT2D eigenvalue weighted by Gasteiger charge is 2.27. The van der Waals surface area contributed by atoms with Crippen LogP contribution in [-0.2, 0) is 32.7 Å². The number of hydrogen-bond acceptors (Lipinski definition) is 7. The van der Waals surface area contributed by atoms with Gasteiger partial charge in [-0.1, -0.05) is 391 Å². The minimum Gasteiger partial charge on any atom is -0.462 e. The summed E-state index contributed by atoms with van der Waals surface area (Å²) in [4.78, 5) is 36.0. The maximum atomic E-state index is 12.9. The Labute approximate surface area is 618 Å². The third-order valence-electron chi connectivity index (χ3n) is 17.9. The van der Waals surface area contributed by atoms with Crippen LogP contribution in [0.2, 0.25) is 0 Å². The van der Waals surface area contributed by atoms with Crippen LogP contribution in [0.25, 0.3) is 0 Å². The molecule has 0 amide bonds. The number of nitrogens with zero attached hydrogens (tertiary/aromatic N) is 1. The number of hydrogen-bond donors (Lipinski definition) is 1. The fourth-order valence-corrected chi connectivity index (χ4v) is 12.3. The average molecular weight is 1410 g/mol. The first-order chi connectivity index (χ1) is 49.0. The normalized spacial score (nSPS) is 13.8. The highest BCUT2D eigenvalue weighted by molar-refractivity contribution is 7.47. The van der Waals surface area contributed by atoms with E-state index in [1.807, 2.05) is 21.1 Å². The maximum Gasteiger partial charge on any atom is 0.472 e. The van der Waals surface area contributed by atoms with Gasteiger partial charge in [0.05, 0.1) is 27.7 Å². The molecule has 0 bridgehead atoms. The zero-order chi connectivity index (χ0) is 72.5. The van der Waals surface area contributed by atoms with Gasteiger partial charge in [-0.15, -0.1) is 0 Å². The molecular weight excluding hydrogens is 1250 g/mol. The number of phosphoric acid groups is 1. The number of carbonyl (C=O) groups excluding carboxylic acids is 2. The van der Waals surface area contributed by atoms with Gasteiger partial charge in [-0.25, -0.2) is 4.57 Å². The summed E-state index contributed by atoms with van der Waals surface area (Å²) in [6.45, 7) is 4.30. The van der Waals surface area contributed by atoms with Crippen molar-refractivity contribution in [2.75, 3.05) is 47.5 Å². The Balaban J connectivity index is 4.06. The van der Waals surface area contributed by atoms with E-state index in [4.69, 9.17) is 18.5 Å². The number of phosphoric ester groups is 1. The van der Waals surface area contributed by atoms with Gasteiger partial charge >= 0.3 is 19.8 Å². The molecule has 0 aromatic rings. The van der Waals surface area contributed by atoms with E-state index in [0.717, 1.165) is 109 Å². The predicted octanol–water partition coefficient (Wildman–Crippen LogP) is 28.1. The fourth-order valence-electron chi connectivity index (χ4n) is 11.6. The Morgan fingerprint density at radius 2 is 0.570 bits per heavy atom. The molecule has 0 saturated heterocycles. The van der Waals surface area contributed by atoms with Gasteiger partial charge in [0.15, 0.2) is 6.10 Å². The van der Waals surface area contributed by atoms with Gasteiger partial charge in [-0.3, -0.25) is 18.6 Å². The van der Waals surface area contributed by atoms with Gasteiger partial charge in [0.25, 0.3) is 0 Å². The molecule has 0 aliphatic rings. The van der Waals surface area contributed by atoms with Crippen LogP contribution >= 0.6 is 7.82 Å². The molecule has 10 heteroatoms. The van der Waals surface area contributed by atoms with Crippen molar-refractivity contribution in [2.24, 2.45) is 0 Å². The lowest BCUT2D eigenvalue weighted by Crippen LogP contribution is -2.37. The predicted molar refractivity (Wildman–Crippen MR) is 436 cm³/mol. The van der Waals surface area contributed by atoms with E-state index < -0.39 is 26.5 Å². The number of ether oxygens (including phenoxy) is 2. The van der Waals surface area contributed by atoms with Crippen LogP contribution in [0.5, 0.6) is 0 Å². The second kappa shape index (κ2) is 79.0. The van der Waals surface area contributed by atoms with Crippen LogP contribution in [0, 0.1) is 0 Å². The van der Waals surface area contributed by atoms with E-state index >= 15 is 0 Å². The van der Waals surface area contributed by atoms with Crippen LogP contribution in [0.4, 0.5) is 0 Å². The standard InChI is InChI=1S/C90H156NO8P/c1-6-8-10-12-14-16-18-20-22-24-26-28-30-32-34-36-38-40-42-44-45-47-49-51-53-55-57-59-61-63-65-67-69-71-73-75-77-79-81-83-90(93)99-88(87-98-100(94,95)97-85-84-91(3,4)5)86-96-89(92)82-80-78-76-74-72-70-68-66-64-62-60-58-56-54-52-50-48-46-43-41-39-37-35-33-31-29-27-25-23-21-19-17-15-13-11-9-7-2/h8,10,14,16,20,22,26,28,32,34,38,40,44-45,49,51,55,57,61,63,67,69,73,75,88H,6-7,9,11-13,15,17-19,21,23-25,27,29-31,33,35-37,39,41-43,46-48,50,52-54,56,58-60,62,64-66,68,70-72,74,76-87H2,1-5H3/p+1/b10-8-,16-14-,22-20-,28-26-,34-32-,40-38-,45-44-,51-49-,57-55-,63-61-,69-67-,75-73-. The number of likely N-dealkylation sites (N-methyl/N-ethyl adjacent to an activating group) is 1. The molecule has 0 saturated carbocycles. The van der Waals surface area contributed by atoms with Crippen molar-refractivity contribution in [1.29, 1.82) is 0 Å². The van der Waals surface area contributed by atoms with Crippen molar-refractivity contribution in [2.45, 2.75) is 367 Å². The molecule has 2 unspecified atom stereocenters. The number of esters is 2. The van der Waals surface area contributed by atoms with E-state index in [0.29, 0.717) is 17.4 Å². The van der Waals surface area contributed by atoms with E-state index in [1.54, 1.807) is 0 Å². The van der Waals surface area contributed by atoms with Gasteiger partial charge in [-0.2, -0.15) is 0 Å². The molecule has 0 heterocycles. The molecule has 0 aliphatic carbocycles. The summed E-state index contributed by atoms with van der Waals surface area (Å²) in [5, 5.41) is 0. The first kappa shape index (κ1) is 95.9. The number of unbranched alkanes of at least 4 members (excludes halogenated alkanes) is 38. The van der Waals surface area contributed by atoms with Crippen molar-refractivity contribution in [3.05, 3.63) is 146 Å². The number of rotatable bonds is 76. The summed E-state index contributed by atoms with van der Waals surface area (Å²) in [7, 11) is 1.44. The van der Waals surface area contributed by atoms with Crippen molar-refractivity contribution >= 4 is 19.8 Å². The first-order valence-electron chi connectivity index (χ1n) is 41.6. The van der Waals surface area contributed by atoms with Crippen LogP contribution in [0.3, 0.4) is 0 Å². The lowest BCUT2D eigenvalue weighted by molar-refractivity contribution is -0.870. The van der Waals surface area contributed by atoms with Crippen LogP contribution in [0.1, 0.15) is 361 Å². The molecule has 0 aromatic heterocycles. The van der Waals surface area contributed by atoms with Gasteiger partial charge in [-0.05, 0) is 103 Å².